The number of rotatable bonds is 5. The number of thiophene rings is 1. The zero-order valence-corrected chi connectivity index (χ0v) is 13.0. The summed E-state index contributed by atoms with van der Waals surface area (Å²) < 4.78 is 1.16. The maximum Gasteiger partial charge on any atom is 0.0573 e. The second kappa shape index (κ2) is 6.45. The molecule has 1 unspecified atom stereocenters. The van der Waals surface area contributed by atoms with Crippen LogP contribution in [0, 0.1) is 0 Å². The molecule has 0 radical (unpaired) electrons. The predicted molar refractivity (Wildman–Crippen MR) is 80.9 cm³/mol. The van der Waals surface area contributed by atoms with E-state index in [0.717, 1.165) is 23.1 Å². The number of aryl methyl sites for hydroxylation is 1. The summed E-state index contributed by atoms with van der Waals surface area (Å²) in [5.41, 5.74) is 2.48. The Morgan fingerprint density at radius 3 is 3.00 bits per heavy atom. The third-order valence-corrected chi connectivity index (χ3v) is 4.83. The third-order valence-electron chi connectivity index (χ3n) is 2.96. The zero-order valence-electron chi connectivity index (χ0n) is 10.6. The Morgan fingerprint density at radius 2 is 2.33 bits per heavy atom. The minimum atomic E-state index is 0.355. The molecule has 1 atom stereocenters. The number of pyridine rings is 1. The summed E-state index contributed by atoms with van der Waals surface area (Å²) in [5, 5.41) is 5.65. The minimum absolute atomic E-state index is 0.355. The van der Waals surface area contributed by atoms with Gasteiger partial charge in [0.05, 0.1) is 5.69 Å². The molecule has 0 fully saturated rings. The average Bonchev–Trinajstić information content (AvgIpc) is 2.83. The van der Waals surface area contributed by atoms with Crippen LogP contribution in [0.3, 0.4) is 0 Å². The van der Waals surface area contributed by atoms with Crippen LogP contribution >= 0.6 is 27.3 Å². The van der Waals surface area contributed by atoms with Gasteiger partial charge in [0.2, 0.25) is 0 Å². The van der Waals surface area contributed by atoms with Gasteiger partial charge in [-0.25, -0.2) is 0 Å². The van der Waals surface area contributed by atoms with E-state index in [1.54, 1.807) is 11.3 Å². The fourth-order valence-electron chi connectivity index (χ4n) is 1.86. The first-order valence-corrected chi connectivity index (χ1v) is 7.78. The van der Waals surface area contributed by atoms with Gasteiger partial charge in [0.15, 0.2) is 0 Å². The lowest BCUT2D eigenvalue weighted by Gasteiger charge is -2.13. The van der Waals surface area contributed by atoms with Crippen LogP contribution in [0.25, 0.3) is 0 Å². The highest BCUT2D eigenvalue weighted by Gasteiger charge is 2.09. The molecule has 18 heavy (non-hydrogen) atoms. The van der Waals surface area contributed by atoms with Crippen molar-refractivity contribution in [3.8, 4) is 0 Å². The Bertz CT molecular complexity index is 510. The molecule has 0 amide bonds. The molecule has 2 nitrogen and oxygen atoms in total. The first-order valence-electron chi connectivity index (χ1n) is 6.10. The van der Waals surface area contributed by atoms with E-state index in [9.17, 15) is 0 Å². The van der Waals surface area contributed by atoms with Crippen LogP contribution in [-0.2, 0) is 13.0 Å². The van der Waals surface area contributed by atoms with Crippen LogP contribution in [0.1, 0.15) is 36.0 Å². The van der Waals surface area contributed by atoms with Crippen molar-refractivity contribution in [1.82, 2.24) is 10.3 Å². The van der Waals surface area contributed by atoms with Gasteiger partial charge in [-0.15, -0.1) is 11.3 Å². The Hall–Kier alpha value is -0.710. The van der Waals surface area contributed by atoms with Crippen molar-refractivity contribution < 1.29 is 0 Å². The lowest BCUT2D eigenvalue weighted by atomic mass is 10.1. The van der Waals surface area contributed by atoms with Gasteiger partial charge in [0, 0.05) is 33.5 Å². The summed E-state index contributed by atoms with van der Waals surface area (Å²) in [7, 11) is 0. The summed E-state index contributed by atoms with van der Waals surface area (Å²) in [6.07, 6.45) is 2.90. The van der Waals surface area contributed by atoms with E-state index in [-0.39, 0.29) is 0 Å². The van der Waals surface area contributed by atoms with Crippen molar-refractivity contribution >= 4 is 27.3 Å². The van der Waals surface area contributed by atoms with Crippen LogP contribution < -0.4 is 5.32 Å². The normalized spacial score (nSPS) is 12.6. The van der Waals surface area contributed by atoms with Crippen molar-refractivity contribution in [2.75, 3.05) is 0 Å². The van der Waals surface area contributed by atoms with Crippen LogP contribution in [-0.4, -0.2) is 4.98 Å². The second-order valence-electron chi connectivity index (χ2n) is 4.23. The van der Waals surface area contributed by atoms with Crippen LogP contribution in [0.5, 0.6) is 0 Å². The van der Waals surface area contributed by atoms with Gasteiger partial charge < -0.3 is 5.32 Å². The molecule has 0 aliphatic carbocycles. The van der Waals surface area contributed by atoms with Gasteiger partial charge in [0.1, 0.15) is 0 Å². The van der Waals surface area contributed by atoms with Crippen LogP contribution in [0.4, 0.5) is 0 Å². The van der Waals surface area contributed by atoms with Gasteiger partial charge in [0.25, 0.3) is 0 Å². The molecule has 2 aromatic heterocycles. The molecular formula is C14H17BrN2S. The fraction of sp³-hybridized carbons (Fsp3) is 0.357. The molecule has 2 heterocycles. The molecule has 0 saturated carbocycles. The fourth-order valence-corrected chi connectivity index (χ4v) is 3.34. The second-order valence-corrected chi connectivity index (χ2v) is 6.09. The molecular weight excluding hydrogens is 308 g/mol. The standard InChI is InChI=1S/C14H17BrN2S/c1-3-11-5-4-6-16-13(11)8-17-10(2)14-7-12(15)9-18-14/h4-7,9-10,17H,3,8H2,1-2H3. The third kappa shape index (κ3) is 3.40. The highest BCUT2D eigenvalue weighted by atomic mass is 79.9. The van der Waals surface area contributed by atoms with Crippen LogP contribution in [0.2, 0.25) is 0 Å². The van der Waals surface area contributed by atoms with E-state index in [4.69, 9.17) is 0 Å². The molecule has 0 saturated heterocycles. The summed E-state index contributed by atoms with van der Waals surface area (Å²) in [5.74, 6) is 0. The van der Waals surface area contributed by atoms with Crippen molar-refractivity contribution in [2.45, 2.75) is 32.9 Å². The average molecular weight is 325 g/mol. The van der Waals surface area contributed by atoms with E-state index < -0.39 is 0 Å². The lowest BCUT2D eigenvalue weighted by molar-refractivity contribution is 0.572. The number of nitrogens with zero attached hydrogens (tertiary/aromatic N) is 1. The van der Waals surface area contributed by atoms with E-state index in [1.807, 2.05) is 12.3 Å². The van der Waals surface area contributed by atoms with Gasteiger partial charge >= 0.3 is 0 Å². The van der Waals surface area contributed by atoms with Crippen molar-refractivity contribution in [2.24, 2.45) is 0 Å². The number of halogens is 1. The molecule has 0 aliphatic rings. The number of nitrogens with one attached hydrogen (secondary N) is 1. The quantitative estimate of drug-likeness (QED) is 0.886. The molecule has 2 aromatic rings. The molecule has 0 spiro atoms. The van der Waals surface area contributed by atoms with E-state index >= 15 is 0 Å². The van der Waals surface area contributed by atoms with Crippen molar-refractivity contribution in [3.63, 3.8) is 0 Å². The van der Waals surface area contributed by atoms with Crippen LogP contribution in [0.15, 0.2) is 34.2 Å². The molecule has 1 N–H and O–H groups in total. The van der Waals surface area contributed by atoms with Gasteiger partial charge in [-0.3, -0.25) is 4.98 Å². The first kappa shape index (κ1) is 13.7. The van der Waals surface area contributed by atoms with E-state index in [0.29, 0.717) is 6.04 Å². The highest BCUT2D eigenvalue weighted by Crippen LogP contribution is 2.25. The van der Waals surface area contributed by atoms with Gasteiger partial charge in [-0.1, -0.05) is 13.0 Å². The zero-order chi connectivity index (χ0) is 13.0. The summed E-state index contributed by atoms with van der Waals surface area (Å²) in [4.78, 5) is 5.80. The smallest absolute Gasteiger partial charge is 0.0573 e. The number of aromatic nitrogens is 1. The molecule has 96 valence electrons. The monoisotopic (exact) mass is 324 g/mol. The van der Waals surface area contributed by atoms with E-state index in [1.165, 1.54) is 10.4 Å². The molecule has 4 heteroatoms. The summed E-state index contributed by atoms with van der Waals surface area (Å²) >= 11 is 5.26. The largest absolute Gasteiger partial charge is 0.304 e. The highest BCUT2D eigenvalue weighted by molar-refractivity contribution is 9.10. The molecule has 2 rings (SSSR count). The topological polar surface area (TPSA) is 24.9 Å². The number of hydrogen-bond donors (Lipinski definition) is 1. The molecule has 0 aliphatic heterocycles. The molecule has 0 aromatic carbocycles. The SMILES string of the molecule is CCc1cccnc1CNC(C)c1cc(Br)cs1. The Balaban J connectivity index is 1.99. The maximum atomic E-state index is 4.45. The predicted octanol–water partition coefficient (Wildman–Crippen LogP) is 4.32. The van der Waals surface area contributed by atoms with Crippen molar-refractivity contribution in [3.05, 3.63) is 50.4 Å². The summed E-state index contributed by atoms with van der Waals surface area (Å²) in [6, 6.07) is 6.67. The van der Waals surface area contributed by atoms with Gasteiger partial charge in [-0.05, 0) is 47.0 Å². The van der Waals surface area contributed by atoms with E-state index in [2.05, 4.69) is 57.6 Å². The lowest BCUT2D eigenvalue weighted by Crippen LogP contribution is -2.18. The Kier molecular flexibility index (Phi) is 4.92. The summed E-state index contributed by atoms with van der Waals surface area (Å²) in [6.45, 7) is 5.17. The molecule has 0 bridgehead atoms. The Morgan fingerprint density at radius 1 is 1.50 bits per heavy atom. The van der Waals surface area contributed by atoms with Crippen molar-refractivity contribution in [1.29, 1.82) is 0 Å². The Labute approximate surface area is 121 Å². The first-order chi connectivity index (χ1) is 8.70. The maximum absolute atomic E-state index is 4.45. The minimum Gasteiger partial charge on any atom is -0.304 e. The van der Waals surface area contributed by atoms with Gasteiger partial charge in [-0.2, -0.15) is 0 Å². The number of hydrogen-bond acceptors (Lipinski definition) is 3.